The molecule has 4 atom stereocenters. The lowest BCUT2D eigenvalue weighted by Gasteiger charge is -2.37. The van der Waals surface area contributed by atoms with Crippen LogP contribution in [0.25, 0.3) is 22.3 Å². The minimum absolute atomic E-state index is 0.0196. The fourth-order valence-corrected chi connectivity index (χ4v) is 6.58. The average Bonchev–Trinajstić information content (AvgIpc) is 3.80. The number of anilines is 5. The lowest BCUT2D eigenvalue weighted by Crippen LogP contribution is -2.41. The Kier molecular flexibility index (Phi) is 8.55. The first kappa shape index (κ1) is 34.4. The molecular weight excluding hydrogens is 680 g/mol. The van der Waals surface area contributed by atoms with Gasteiger partial charge in [0.25, 0.3) is 17.4 Å². The van der Waals surface area contributed by atoms with Crippen LogP contribution < -0.4 is 42.7 Å². The number of nitrogens with one attached hydrogen (secondary N) is 3. The Labute approximate surface area is 294 Å². The average molecular weight is 719 g/mol. The van der Waals surface area contributed by atoms with Crippen molar-refractivity contribution >= 4 is 63.0 Å². The second-order valence-electron chi connectivity index (χ2n) is 12.7. The van der Waals surface area contributed by atoms with E-state index in [9.17, 15) is 29.4 Å². The van der Waals surface area contributed by atoms with E-state index in [1.807, 2.05) is 19.2 Å². The van der Waals surface area contributed by atoms with Gasteiger partial charge in [0.15, 0.2) is 35.0 Å². The number of nitrogens with two attached hydrogens (primary N) is 1. The molecule has 2 amide bonds. The van der Waals surface area contributed by atoms with Gasteiger partial charge in [-0.05, 0) is 18.2 Å². The largest absolute Gasteiger partial charge is 0.387 e. The molecule has 0 unspecified atom stereocenters. The molecule has 21 heteroatoms. The van der Waals surface area contributed by atoms with Crippen molar-refractivity contribution < 1.29 is 24.5 Å². The third-order valence-corrected chi connectivity index (χ3v) is 9.50. The van der Waals surface area contributed by atoms with Crippen LogP contribution in [0.1, 0.15) is 16.8 Å². The van der Waals surface area contributed by atoms with E-state index in [2.05, 4.69) is 45.7 Å². The van der Waals surface area contributed by atoms with E-state index in [0.29, 0.717) is 31.9 Å². The molecule has 0 aliphatic carbocycles. The summed E-state index contributed by atoms with van der Waals surface area (Å²) in [5.74, 6) is -0.846. The Bertz CT molecular complexity index is 2360. The number of imidazole rings is 2. The zero-order chi connectivity index (χ0) is 37.2. The topological polar surface area (TPSA) is 258 Å². The predicted octanol–water partition coefficient (Wildman–Crippen LogP) is -2.32. The Morgan fingerprint density at radius 1 is 0.981 bits per heavy atom. The van der Waals surface area contributed by atoms with Gasteiger partial charge in [-0.1, -0.05) is 0 Å². The molecule has 7 N–H and O–H groups in total. The molecule has 7 rings (SSSR count). The number of aryl methyl sites for hydroxylation is 2. The van der Waals surface area contributed by atoms with Crippen LogP contribution in [-0.2, 0) is 30.7 Å². The standard InChI is InChI=1S/C31H38N14O7/c1-33-26(48)21-19(46)20(47)29(52-21)45-13-35-17-22(32)37-30(39-23(17)45)34-8-9-44-11-10-40(2)16-12-14(6-7-15(16)44)36-27(49)25-38-24-18(41(25)3)28(50)43(5)31(51)42(24)4/h6-7,12-13,19-21,29,46-47H,8-11H2,1-5H3,(H,33,48)(H,36,49)(H3,32,34,37,39)/t19-,20+,21+,29+/m0/s1. The number of hydrogen-bond acceptors (Lipinski definition) is 15. The number of carbonyl (C=O) groups excluding carboxylic acids is 2. The summed E-state index contributed by atoms with van der Waals surface area (Å²) in [5.41, 5.74) is 8.20. The highest BCUT2D eigenvalue weighted by Crippen LogP contribution is 2.35. The summed E-state index contributed by atoms with van der Waals surface area (Å²) < 4.78 is 10.7. The van der Waals surface area contributed by atoms with Gasteiger partial charge < -0.3 is 51.0 Å². The van der Waals surface area contributed by atoms with Gasteiger partial charge in [-0.25, -0.2) is 14.8 Å². The highest BCUT2D eigenvalue weighted by Gasteiger charge is 2.47. The molecule has 1 aromatic carbocycles. The molecule has 52 heavy (non-hydrogen) atoms. The van der Waals surface area contributed by atoms with Crippen LogP contribution in [0.3, 0.4) is 0 Å². The minimum atomic E-state index is -1.46. The molecule has 1 fully saturated rings. The number of likely N-dealkylation sites (N-methyl/N-ethyl adjacent to an activating group) is 2. The summed E-state index contributed by atoms with van der Waals surface area (Å²) in [6.45, 7) is 2.37. The fraction of sp³-hybridized carbons (Fsp3) is 0.419. The van der Waals surface area contributed by atoms with E-state index in [0.717, 1.165) is 15.9 Å². The van der Waals surface area contributed by atoms with Crippen LogP contribution >= 0.6 is 0 Å². The maximum absolute atomic E-state index is 13.4. The van der Waals surface area contributed by atoms with Crippen LogP contribution in [-0.4, -0.2) is 119 Å². The summed E-state index contributed by atoms with van der Waals surface area (Å²) >= 11 is 0. The van der Waals surface area contributed by atoms with E-state index < -0.39 is 47.6 Å². The predicted molar refractivity (Wildman–Crippen MR) is 189 cm³/mol. The molecule has 0 saturated carbocycles. The summed E-state index contributed by atoms with van der Waals surface area (Å²) in [5, 5.41) is 29.5. The van der Waals surface area contributed by atoms with Crippen molar-refractivity contribution in [3.8, 4) is 0 Å². The first-order valence-electron chi connectivity index (χ1n) is 16.3. The third kappa shape index (κ3) is 5.54. The van der Waals surface area contributed by atoms with Crippen molar-refractivity contribution in [1.82, 2.24) is 43.5 Å². The van der Waals surface area contributed by atoms with E-state index in [1.54, 1.807) is 13.1 Å². The number of ether oxygens (including phenoxy) is 1. The van der Waals surface area contributed by atoms with E-state index in [1.165, 1.54) is 41.2 Å². The molecule has 4 aromatic heterocycles. The highest BCUT2D eigenvalue weighted by atomic mass is 16.6. The number of aliphatic hydroxyl groups excluding tert-OH is 2. The zero-order valence-corrected chi connectivity index (χ0v) is 28.9. The van der Waals surface area contributed by atoms with Crippen LogP contribution in [0.15, 0.2) is 34.1 Å². The summed E-state index contributed by atoms with van der Waals surface area (Å²) in [7, 11) is 7.78. The van der Waals surface area contributed by atoms with Crippen molar-refractivity contribution in [1.29, 1.82) is 0 Å². The number of fused-ring (bicyclic) bond motifs is 3. The van der Waals surface area contributed by atoms with Crippen LogP contribution in [0.2, 0.25) is 0 Å². The van der Waals surface area contributed by atoms with Crippen LogP contribution in [0, 0.1) is 0 Å². The van der Waals surface area contributed by atoms with Crippen molar-refractivity contribution in [3.63, 3.8) is 0 Å². The third-order valence-electron chi connectivity index (χ3n) is 9.50. The minimum Gasteiger partial charge on any atom is -0.387 e. The summed E-state index contributed by atoms with van der Waals surface area (Å²) in [6.07, 6.45) is -3.97. The van der Waals surface area contributed by atoms with Crippen molar-refractivity contribution in [2.45, 2.75) is 24.5 Å². The number of benzene rings is 1. The molecular formula is C31H38N14O7. The van der Waals surface area contributed by atoms with Gasteiger partial charge in [-0.2, -0.15) is 9.97 Å². The van der Waals surface area contributed by atoms with Gasteiger partial charge in [0.05, 0.1) is 17.7 Å². The lowest BCUT2D eigenvalue weighted by atomic mass is 10.1. The lowest BCUT2D eigenvalue weighted by molar-refractivity contribution is -0.137. The molecule has 0 radical (unpaired) electrons. The van der Waals surface area contributed by atoms with Gasteiger partial charge in [0, 0.05) is 67.1 Å². The monoisotopic (exact) mass is 718 g/mol. The molecule has 21 nitrogen and oxygen atoms in total. The number of rotatable bonds is 8. The van der Waals surface area contributed by atoms with Crippen LogP contribution in [0.4, 0.5) is 28.8 Å². The molecule has 274 valence electrons. The van der Waals surface area contributed by atoms with Crippen molar-refractivity contribution in [3.05, 3.63) is 51.2 Å². The Balaban J connectivity index is 1.06. The molecule has 6 heterocycles. The van der Waals surface area contributed by atoms with Gasteiger partial charge in [0.2, 0.25) is 11.8 Å². The number of nitrogen functional groups attached to an aromatic ring is 1. The quantitative estimate of drug-likeness (QED) is 0.0984. The Hall–Kier alpha value is -6.06. The molecule has 0 spiro atoms. The number of hydrogen-bond donors (Lipinski definition) is 6. The Morgan fingerprint density at radius 2 is 1.75 bits per heavy atom. The molecule has 2 aliphatic rings. The first-order chi connectivity index (χ1) is 24.8. The van der Waals surface area contributed by atoms with E-state index in [-0.39, 0.29) is 39.9 Å². The van der Waals surface area contributed by atoms with Gasteiger partial charge in [0.1, 0.15) is 17.7 Å². The van der Waals surface area contributed by atoms with Gasteiger partial charge in [-0.3, -0.25) is 28.1 Å². The molecule has 5 aromatic rings. The molecule has 1 saturated heterocycles. The SMILES string of the molecule is CNC(=O)[C@@H]1O[C@@H](n2cnc3c(N)nc(NCCN4CCN(C)c5cc(NC(=O)c6nc7c(c(=O)n(C)c(=O)n7C)n6C)ccc54)nc32)[C@H](O)[C@@H]1O. The summed E-state index contributed by atoms with van der Waals surface area (Å²) in [4.78, 5) is 72.4. The normalized spacial score (nSPS) is 20.1. The Morgan fingerprint density at radius 3 is 2.50 bits per heavy atom. The summed E-state index contributed by atoms with van der Waals surface area (Å²) in [6, 6.07) is 5.54. The fourth-order valence-electron chi connectivity index (χ4n) is 6.58. The molecule has 2 aliphatic heterocycles. The van der Waals surface area contributed by atoms with Gasteiger partial charge >= 0.3 is 5.69 Å². The second kappa shape index (κ2) is 12.9. The number of carbonyl (C=O) groups is 2. The molecule has 0 bridgehead atoms. The van der Waals surface area contributed by atoms with Crippen molar-refractivity contribution in [2.24, 2.45) is 21.1 Å². The van der Waals surface area contributed by atoms with Crippen LogP contribution in [0.5, 0.6) is 0 Å². The number of nitrogens with zero attached hydrogens (tertiary/aromatic N) is 10. The maximum Gasteiger partial charge on any atom is 0.332 e. The second-order valence-corrected chi connectivity index (χ2v) is 12.7. The maximum atomic E-state index is 13.4. The first-order valence-corrected chi connectivity index (χ1v) is 16.3. The van der Waals surface area contributed by atoms with Gasteiger partial charge in [-0.15, -0.1) is 0 Å². The van der Waals surface area contributed by atoms with Crippen molar-refractivity contribution in [2.75, 3.05) is 66.4 Å². The number of amides is 2. The highest BCUT2D eigenvalue weighted by molar-refractivity contribution is 6.04. The zero-order valence-electron chi connectivity index (χ0n) is 28.9. The smallest absolute Gasteiger partial charge is 0.332 e. The number of aromatic nitrogens is 8. The van der Waals surface area contributed by atoms with E-state index in [4.69, 9.17) is 10.5 Å². The van der Waals surface area contributed by atoms with E-state index >= 15 is 0 Å². The number of aliphatic hydroxyl groups is 2.